The molecule has 1 aliphatic heterocycles. The Morgan fingerprint density at radius 1 is 1.32 bits per heavy atom. The van der Waals surface area contributed by atoms with Crippen LogP contribution in [0.1, 0.15) is 17.3 Å². The first kappa shape index (κ1) is 14.5. The maximum atomic E-state index is 12.5. The van der Waals surface area contributed by atoms with E-state index in [-0.39, 0.29) is 15.7 Å². The van der Waals surface area contributed by atoms with Gasteiger partial charge in [-0.15, -0.1) is 0 Å². The fourth-order valence-electron chi connectivity index (χ4n) is 1.85. The van der Waals surface area contributed by atoms with E-state index in [4.69, 9.17) is 16.3 Å². The Labute approximate surface area is 117 Å². The van der Waals surface area contributed by atoms with Crippen LogP contribution in [0.2, 0.25) is 5.02 Å². The lowest BCUT2D eigenvalue weighted by atomic mass is 10.1. The van der Waals surface area contributed by atoms with Gasteiger partial charge in [0.15, 0.2) is 5.78 Å². The predicted octanol–water partition coefficient (Wildman–Crippen LogP) is 1.56. The van der Waals surface area contributed by atoms with Crippen molar-refractivity contribution in [3.63, 3.8) is 0 Å². The molecule has 19 heavy (non-hydrogen) atoms. The van der Waals surface area contributed by atoms with Gasteiger partial charge in [-0.1, -0.05) is 11.6 Å². The summed E-state index contributed by atoms with van der Waals surface area (Å²) in [5, 5.41) is 0.122. The molecular formula is C12H14ClNO4S. The van der Waals surface area contributed by atoms with Crippen molar-refractivity contribution in [1.29, 1.82) is 0 Å². The van der Waals surface area contributed by atoms with E-state index in [9.17, 15) is 13.2 Å². The van der Waals surface area contributed by atoms with Gasteiger partial charge in [-0.2, -0.15) is 4.31 Å². The molecule has 0 atom stereocenters. The molecule has 1 fully saturated rings. The second-order valence-corrected chi connectivity index (χ2v) is 6.53. The first-order valence-corrected chi connectivity index (χ1v) is 7.63. The number of benzene rings is 1. The maximum Gasteiger partial charge on any atom is 0.244 e. The van der Waals surface area contributed by atoms with E-state index < -0.39 is 10.0 Å². The van der Waals surface area contributed by atoms with Crippen LogP contribution in [0.4, 0.5) is 0 Å². The summed E-state index contributed by atoms with van der Waals surface area (Å²) in [6.07, 6.45) is 0. The highest BCUT2D eigenvalue weighted by Gasteiger charge is 2.28. The molecule has 1 aromatic carbocycles. The Kier molecular flexibility index (Phi) is 4.25. The van der Waals surface area contributed by atoms with Crippen LogP contribution in [0.25, 0.3) is 0 Å². The highest BCUT2D eigenvalue weighted by Crippen LogP contribution is 2.26. The molecule has 7 heteroatoms. The Bertz CT molecular complexity index is 594. The summed E-state index contributed by atoms with van der Waals surface area (Å²) >= 11 is 5.96. The third-order valence-electron chi connectivity index (χ3n) is 2.93. The molecule has 1 heterocycles. The van der Waals surface area contributed by atoms with Crippen LogP contribution < -0.4 is 0 Å². The largest absolute Gasteiger partial charge is 0.379 e. The third kappa shape index (κ3) is 2.97. The van der Waals surface area contributed by atoms with Crippen LogP contribution in [0.5, 0.6) is 0 Å². The number of carbonyl (C=O) groups excluding carboxylic acids is 1. The number of Topliss-reactive ketones (excluding diaryl/α,β-unsaturated/α-hetero) is 1. The number of nitrogens with zero attached hydrogens (tertiary/aromatic N) is 1. The molecule has 1 aromatic rings. The minimum Gasteiger partial charge on any atom is -0.379 e. The second-order valence-electron chi connectivity index (χ2n) is 4.22. The summed E-state index contributed by atoms with van der Waals surface area (Å²) in [5.41, 5.74) is 0.330. The fraction of sp³-hybridized carbons (Fsp3) is 0.417. The zero-order valence-electron chi connectivity index (χ0n) is 10.4. The number of morpholine rings is 1. The predicted molar refractivity (Wildman–Crippen MR) is 71.0 cm³/mol. The van der Waals surface area contributed by atoms with E-state index in [1.54, 1.807) is 0 Å². The van der Waals surface area contributed by atoms with Crippen molar-refractivity contribution in [2.24, 2.45) is 0 Å². The topological polar surface area (TPSA) is 63.7 Å². The van der Waals surface area contributed by atoms with Crippen molar-refractivity contribution in [3.05, 3.63) is 28.8 Å². The quantitative estimate of drug-likeness (QED) is 0.795. The van der Waals surface area contributed by atoms with E-state index in [1.165, 1.54) is 29.4 Å². The van der Waals surface area contributed by atoms with Crippen molar-refractivity contribution in [2.45, 2.75) is 11.8 Å². The van der Waals surface area contributed by atoms with Gasteiger partial charge in [0.25, 0.3) is 0 Å². The third-order valence-corrected chi connectivity index (χ3v) is 5.31. The summed E-state index contributed by atoms with van der Waals surface area (Å²) < 4.78 is 31.4. The molecule has 0 bridgehead atoms. The lowest BCUT2D eigenvalue weighted by molar-refractivity contribution is 0.0730. The average Bonchev–Trinajstić information content (AvgIpc) is 2.39. The van der Waals surface area contributed by atoms with E-state index in [1.807, 2.05) is 0 Å². The molecule has 0 spiro atoms. The number of halogens is 1. The number of rotatable bonds is 3. The summed E-state index contributed by atoms with van der Waals surface area (Å²) in [5.74, 6) is -0.199. The molecular weight excluding hydrogens is 290 g/mol. The van der Waals surface area contributed by atoms with Crippen molar-refractivity contribution in [2.75, 3.05) is 26.3 Å². The van der Waals surface area contributed by atoms with E-state index in [0.29, 0.717) is 31.9 Å². The smallest absolute Gasteiger partial charge is 0.244 e. The second kappa shape index (κ2) is 5.58. The van der Waals surface area contributed by atoms with Crippen molar-refractivity contribution >= 4 is 27.4 Å². The molecule has 1 aliphatic rings. The Morgan fingerprint density at radius 2 is 1.95 bits per heavy atom. The minimum atomic E-state index is -3.68. The van der Waals surface area contributed by atoms with Crippen LogP contribution in [0, 0.1) is 0 Å². The van der Waals surface area contributed by atoms with Crippen molar-refractivity contribution in [1.82, 2.24) is 4.31 Å². The van der Waals surface area contributed by atoms with E-state index in [0.717, 1.165) is 0 Å². The molecule has 0 radical (unpaired) electrons. The summed E-state index contributed by atoms with van der Waals surface area (Å²) in [4.78, 5) is 11.3. The standard InChI is InChI=1S/C12H14ClNO4S/c1-9(15)10-2-3-11(13)12(8-10)19(16,17)14-4-6-18-7-5-14/h2-3,8H,4-7H2,1H3. The molecule has 5 nitrogen and oxygen atoms in total. The minimum absolute atomic E-state index is 0.0243. The van der Waals surface area contributed by atoms with Crippen LogP contribution >= 0.6 is 11.6 Å². The highest BCUT2D eigenvalue weighted by molar-refractivity contribution is 7.89. The molecule has 0 amide bonds. The van der Waals surface area contributed by atoms with Crippen LogP contribution in [0.3, 0.4) is 0 Å². The Hall–Kier alpha value is -0.950. The van der Waals surface area contributed by atoms with Crippen LogP contribution in [0.15, 0.2) is 23.1 Å². The average molecular weight is 304 g/mol. The van der Waals surface area contributed by atoms with Gasteiger partial charge >= 0.3 is 0 Å². The monoisotopic (exact) mass is 303 g/mol. The van der Waals surface area contributed by atoms with Gasteiger partial charge in [-0.3, -0.25) is 4.79 Å². The lowest BCUT2D eigenvalue weighted by Crippen LogP contribution is -2.40. The van der Waals surface area contributed by atoms with Crippen LogP contribution in [-0.4, -0.2) is 44.8 Å². The molecule has 0 aliphatic carbocycles. The van der Waals surface area contributed by atoms with Gasteiger partial charge in [0.05, 0.1) is 18.2 Å². The lowest BCUT2D eigenvalue weighted by Gasteiger charge is -2.26. The number of ether oxygens (including phenoxy) is 1. The Balaban J connectivity index is 2.44. The van der Waals surface area contributed by atoms with E-state index >= 15 is 0 Å². The highest BCUT2D eigenvalue weighted by atomic mass is 35.5. The SMILES string of the molecule is CC(=O)c1ccc(Cl)c(S(=O)(=O)N2CCOCC2)c1. The molecule has 0 N–H and O–H groups in total. The Morgan fingerprint density at radius 3 is 2.53 bits per heavy atom. The van der Waals surface area contributed by atoms with Crippen molar-refractivity contribution < 1.29 is 17.9 Å². The fourth-order valence-corrected chi connectivity index (χ4v) is 3.75. The zero-order chi connectivity index (χ0) is 14.0. The van der Waals surface area contributed by atoms with Crippen molar-refractivity contribution in [3.8, 4) is 0 Å². The summed E-state index contributed by atoms with van der Waals surface area (Å²) in [7, 11) is -3.68. The van der Waals surface area contributed by atoms with Gasteiger partial charge in [-0.05, 0) is 25.1 Å². The molecule has 0 unspecified atom stereocenters. The number of hydrogen-bond acceptors (Lipinski definition) is 4. The molecule has 0 saturated carbocycles. The van der Waals surface area contributed by atoms with Gasteiger partial charge < -0.3 is 4.74 Å². The number of carbonyl (C=O) groups is 1. The number of ketones is 1. The molecule has 0 aromatic heterocycles. The van der Waals surface area contributed by atoms with E-state index in [2.05, 4.69) is 0 Å². The molecule has 1 saturated heterocycles. The van der Waals surface area contributed by atoms with Crippen LogP contribution in [-0.2, 0) is 14.8 Å². The zero-order valence-corrected chi connectivity index (χ0v) is 12.0. The van der Waals surface area contributed by atoms with Gasteiger partial charge in [0.1, 0.15) is 4.90 Å². The maximum absolute atomic E-state index is 12.5. The molecule has 2 rings (SSSR count). The normalized spacial score (nSPS) is 17.4. The van der Waals surface area contributed by atoms with Gasteiger partial charge in [0.2, 0.25) is 10.0 Å². The number of hydrogen-bond donors (Lipinski definition) is 0. The van der Waals surface area contributed by atoms with Gasteiger partial charge in [-0.25, -0.2) is 8.42 Å². The molecule has 104 valence electrons. The summed E-state index contributed by atoms with van der Waals surface area (Å²) in [6, 6.07) is 4.28. The first-order valence-electron chi connectivity index (χ1n) is 5.81. The van der Waals surface area contributed by atoms with Gasteiger partial charge in [0, 0.05) is 18.7 Å². The number of sulfonamides is 1. The first-order chi connectivity index (χ1) is 8.93. The summed E-state index contributed by atoms with van der Waals surface area (Å²) in [6.45, 7) is 2.70.